The van der Waals surface area contributed by atoms with Crippen LogP contribution in [0, 0.1) is 6.92 Å². The first-order chi connectivity index (χ1) is 7.34. The van der Waals surface area contributed by atoms with Crippen molar-refractivity contribution in [3.8, 4) is 0 Å². The molecule has 0 fully saturated rings. The number of nitrogens with zero attached hydrogens (tertiary/aromatic N) is 3. The van der Waals surface area contributed by atoms with E-state index >= 15 is 0 Å². The number of hydrazone groups is 1. The van der Waals surface area contributed by atoms with Crippen LogP contribution < -0.4 is 5.43 Å². The highest BCUT2D eigenvalue weighted by molar-refractivity contribution is 7.13. The summed E-state index contributed by atoms with van der Waals surface area (Å²) >= 11 is 1.53. The van der Waals surface area contributed by atoms with Crippen molar-refractivity contribution in [1.29, 1.82) is 0 Å². The molecule has 2 heterocycles. The van der Waals surface area contributed by atoms with E-state index in [2.05, 4.69) is 20.5 Å². The molecule has 0 bridgehead atoms. The van der Waals surface area contributed by atoms with Crippen LogP contribution >= 0.6 is 23.7 Å². The number of aromatic nitrogens is 2. The standard InChI is InChI=1S/C10H10N4S.ClH/c1-8-7-15-10(13-8)14-12-6-9-3-2-4-11-5-9;/h2-7H,1H3,(H,13,14);1H/b12-6+;. The zero-order valence-corrected chi connectivity index (χ0v) is 10.3. The lowest BCUT2D eigenvalue weighted by molar-refractivity contribution is 1.22. The summed E-state index contributed by atoms with van der Waals surface area (Å²) in [6.45, 7) is 1.95. The average Bonchev–Trinajstić information content (AvgIpc) is 2.66. The van der Waals surface area contributed by atoms with Gasteiger partial charge in [0.2, 0.25) is 5.13 Å². The third kappa shape index (κ3) is 3.60. The Bertz CT molecular complexity index is 455. The Hall–Kier alpha value is -1.46. The third-order valence-corrected chi connectivity index (χ3v) is 2.54. The summed E-state index contributed by atoms with van der Waals surface area (Å²) in [5.41, 5.74) is 4.82. The molecule has 0 unspecified atom stereocenters. The van der Waals surface area contributed by atoms with Crippen molar-refractivity contribution in [2.45, 2.75) is 6.92 Å². The van der Waals surface area contributed by atoms with Gasteiger partial charge in [-0.25, -0.2) is 4.98 Å². The van der Waals surface area contributed by atoms with Crippen LogP contribution in [0.25, 0.3) is 0 Å². The fourth-order valence-corrected chi connectivity index (χ4v) is 1.66. The maximum Gasteiger partial charge on any atom is 0.203 e. The maximum absolute atomic E-state index is 4.22. The van der Waals surface area contributed by atoms with E-state index in [1.54, 1.807) is 18.6 Å². The van der Waals surface area contributed by atoms with Crippen LogP contribution in [0.15, 0.2) is 35.0 Å². The molecule has 0 saturated heterocycles. The number of rotatable bonds is 3. The second kappa shape index (κ2) is 6.19. The predicted octanol–water partition coefficient (Wildman–Crippen LogP) is 2.71. The Morgan fingerprint density at radius 1 is 1.50 bits per heavy atom. The van der Waals surface area contributed by atoms with Crippen molar-refractivity contribution in [1.82, 2.24) is 9.97 Å². The second-order valence-electron chi connectivity index (χ2n) is 2.95. The number of halogens is 1. The molecule has 0 aliphatic heterocycles. The van der Waals surface area contributed by atoms with Gasteiger partial charge in [-0.05, 0) is 13.0 Å². The first-order valence-electron chi connectivity index (χ1n) is 4.46. The molecule has 0 aliphatic rings. The van der Waals surface area contributed by atoms with Gasteiger partial charge in [0.15, 0.2) is 0 Å². The van der Waals surface area contributed by atoms with Crippen molar-refractivity contribution in [2.75, 3.05) is 5.43 Å². The van der Waals surface area contributed by atoms with E-state index in [1.165, 1.54) is 11.3 Å². The highest BCUT2D eigenvalue weighted by Crippen LogP contribution is 2.13. The summed E-state index contributed by atoms with van der Waals surface area (Å²) < 4.78 is 0. The molecule has 6 heteroatoms. The second-order valence-corrected chi connectivity index (χ2v) is 3.81. The number of nitrogens with one attached hydrogen (secondary N) is 1. The van der Waals surface area contributed by atoms with E-state index in [-0.39, 0.29) is 12.4 Å². The Morgan fingerprint density at radius 3 is 3.00 bits per heavy atom. The maximum atomic E-state index is 4.22. The highest BCUT2D eigenvalue weighted by atomic mass is 35.5. The molecule has 2 rings (SSSR count). The molecule has 0 atom stereocenters. The Balaban J connectivity index is 0.00000128. The fourth-order valence-electron chi connectivity index (χ4n) is 1.02. The zero-order valence-electron chi connectivity index (χ0n) is 8.62. The Kier molecular flexibility index (Phi) is 4.88. The van der Waals surface area contributed by atoms with Gasteiger partial charge in [0, 0.05) is 23.3 Å². The number of pyridine rings is 1. The third-order valence-electron chi connectivity index (χ3n) is 1.68. The average molecular weight is 255 g/mol. The van der Waals surface area contributed by atoms with Crippen LogP contribution in [-0.4, -0.2) is 16.2 Å². The van der Waals surface area contributed by atoms with E-state index in [0.717, 1.165) is 16.4 Å². The summed E-state index contributed by atoms with van der Waals surface area (Å²) in [4.78, 5) is 8.20. The van der Waals surface area contributed by atoms with Gasteiger partial charge in [0.25, 0.3) is 0 Å². The SMILES string of the molecule is Cc1csc(N/N=C/c2cccnc2)n1.Cl. The van der Waals surface area contributed by atoms with E-state index in [1.807, 2.05) is 24.4 Å². The topological polar surface area (TPSA) is 50.2 Å². The van der Waals surface area contributed by atoms with Gasteiger partial charge in [0.1, 0.15) is 0 Å². The van der Waals surface area contributed by atoms with Crippen LogP contribution in [0.2, 0.25) is 0 Å². The highest BCUT2D eigenvalue weighted by Gasteiger charge is 1.94. The minimum Gasteiger partial charge on any atom is -0.264 e. The molecular formula is C10H11ClN4S. The number of aryl methyl sites for hydroxylation is 1. The van der Waals surface area contributed by atoms with Gasteiger partial charge in [-0.3, -0.25) is 10.4 Å². The number of hydrogen-bond acceptors (Lipinski definition) is 5. The van der Waals surface area contributed by atoms with E-state index in [4.69, 9.17) is 0 Å². The summed E-state index contributed by atoms with van der Waals surface area (Å²) in [6, 6.07) is 3.81. The van der Waals surface area contributed by atoms with Crippen molar-refractivity contribution in [3.63, 3.8) is 0 Å². The van der Waals surface area contributed by atoms with Crippen LogP contribution in [0.4, 0.5) is 5.13 Å². The van der Waals surface area contributed by atoms with Crippen LogP contribution in [0.1, 0.15) is 11.3 Å². The predicted molar refractivity (Wildman–Crippen MR) is 69.6 cm³/mol. The summed E-state index contributed by atoms with van der Waals surface area (Å²) in [5.74, 6) is 0. The summed E-state index contributed by atoms with van der Waals surface area (Å²) in [5, 5.41) is 6.83. The summed E-state index contributed by atoms with van der Waals surface area (Å²) in [6.07, 6.45) is 5.19. The van der Waals surface area contributed by atoms with Crippen LogP contribution in [-0.2, 0) is 0 Å². The molecule has 84 valence electrons. The zero-order chi connectivity index (χ0) is 10.5. The molecule has 0 aromatic carbocycles. The van der Waals surface area contributed by atoms with E-state index < -0.39 is 0 Å². The molecule has 0 radical (unpaired) electrons. The Labute approximate surface area is 104 Å². The number of hydrogen-bond donors (Lipinski definition) is 1. The Morgan fingerprint density at radius 2 is 2.38 bits per heavy atom. The lowest BCUT2D eigenvalue weighted by Gasteiger charge is -1.92. The molecule has 2 aromatic heterocycles. The van der Waals surface area contributed by atoms with Gasteiger partial charge >= 0.3 is 0 Å². The van der Waals surface area contributed by atoms with Gasteiger partial charge in [-0.1, -0.05) is 6.07 Å². The lowest BCUT2D eigenvalue weighted by Crippen LogP contribution is -1.90. The monoisotopic (exact) mass is 254 g/mol. The van der Waals surface area contributed by atoms with Crippen molar-refractivity contribution in [2.24, 2.45) is 5.10 Å². The molecule has 0 saturated carbocycles. The van der Waals surface area contributed by atoms with Gasteiger partial charge in [-0.2, -0.15) is 5.10 Å². The van der Waals surface area contributed by atoms with Crippen molar-refractivity contribution in [3.05, 3.63) is 41.2 Å². The van der Waals surface area contributed by atoms with Gasteiger partial charge < -0.3 is 0 Å². The first-order valence-corrected chi connectivity index (χ1v) is 5.34. The molecule has 0 spiro atoms. The minimum absolute atomic E-state index is 0. The smallest absolute Gasteiger partial charge is 0.203 e. The molecule has 0 amide bonds. The van der Waals surface area contributed by atoms with Crippen molar-refractivity contribution < 1.29 is 0 Å². The normalized spacial score (nSPS) is 10.1. The van der Waals surface area contributed by atoms with Gasteiger partial charge in [0.05, 0.1) is 11.9 Å². The van der Waals surface area contributed by atoms with Crippen molar-refractivity contribution >= 4 is 35.1 Å². The largest absolute Gasteiger partial charge is 0.264 e. The molecular weight excluding hydrogens is 244 g/mol. The summed E-state index contributed by atoms with van der Waals surface area (Å²) in [7, 11) is 0. The minimum atomic E-state index is 0. The fraction of sp³-hybridized carbons (Fsp3) is 0.100. The van der Waals surface area contributed by atoms with Crippen LogP contribution in [0.5, 0.6) is 0 Å². The van der Waals surface area contributed by atoms with E-state index in [0.29, 0.717) is 0 Å². The van der Waals surface area contributed by atoms with E-state index in [9.17, 15) is 0 Å². The van der Waals surface area contributed by atoms with Gasteiger partial charge in [-0.15, -0.1) is 23.7 Å². The number of anilines is 1. The molecule has 16 heavy (non-hydrogen) atoms. The first kappa shape index (κ1) is 12.6. The quantitative estimate of drug-likeness (QED) is 0.677. The number of thiazole rings is 1. The molecule has 4 nitrogen and oxygen atoms in total. The molecule has 2 aromatic rings. The lowest BCUT2D eigenvalue weighted by atomic mass is 10.3. The molecule has 1 N–H and O–H groups in total. The molecule has 0 aliphatic carbocycles. The van der Waals surface area contributed by atoms with Crippen LogP contribution in [0.3, 0.4) is 0 Å².